The van der Waals surface area contributed by atoms with E-state index in [4.69, 9.17) is 11.6 Å². The highest BCUT2D eigenvalue weighted by Crippen LogP contribution is 2.29. The van der Waals surface area contributed by atoms with Crippen molar-refractivity contribution >= 4 is 22.5 Å². The Morgan fingerprint density at radius 1 is 0.864 bits per heavy atom. The lowest BCUT2D eigenvalue weighted by Crippen LogP contribution is -1.92. The maximum Gasteiger partial charge on any atom is 0.0646 e. The first-order valence-corrected chi connectivity index (χ1v) is 7.47. The third-order valence-corrected chi connectivity index (χ3v) is 4.12. The molecular weight excluding hydrogens is 292 g/mol. The van der Waals surface area contributed by atoms with Crippen LogP contribution in [-0.4, -0.2) is 9.55 Å². The first kappa shape index (κ1) is 13.1. The molecule has 0 radical (unpaired) electrons. The molecule has 0 fully saturated rings. The zero-order valence-electron chi connectivity index (χ0n) is 11.8. The number of benzene rings is 2. The fourth-order valence-electron chi connectivity index (χ4n) is 2.70. The largest absolute Gasteiger partial charge is 0.315 e. The standard InChI is InChI=1S/C19H13ClN2/c20-17-5-1-2-6-18(17)22-11-9-14-7-8-15(12-19(14)22)16-4-3-10-21-13-16/h1-13H. The number of pyridine rings is 1. The zero-order valence-corrected chi connectivity index (χ0v) is 12.5. The molecule has 0 amide bonds. The molecule has 2 aromatic heterocycles. The van der Waals surface area contributed by atoms with Gasteiger partial charge in [0.25, 0.3) is 0 Å². The summed E-state index contributed by atoms with van der Waals surface area (Å²) in [4.78, 5) is 4.20. The molecule has 0 aliphatic carbocycles. The van der Waals surface area contributed by atoms with Crippen molar-refractivity contribution in [3.05, 3.63) is 84.3 Å². The number of hydrogen-bond acceptors (Lipinski definition) is 1. The Morgan fingerprint density at radius 2 is 1.77 bits per heavy atom. The summed E-state index contributed by atoms with van der Waals surface area (Å²) >= 11 is 6.34. The Bertz CT molecular complexity index is 942. The molecule has 2 heterocycles. The number of aromatic nitrogens is 2. The van der Waals surface area contributed by atoms with Crippen LogP contribution in [0.3, 0.4) is 0 Å². The van der Waals surface area contributed by atoms with E-state index < -0.39 is 0 Å². The number of halogens is 1. The second kappa shape index (κ2) is 5.32. The Hall–Kier alpha value is -2.58. The molecule has 0 aliphatic rings. The quantitative estimate of drug-likeness (QED) is 0.488. The normalized spacial score (nSPS) is 11.0. The summed E-state index contributed by atoms with van der Waals surface area (Å²) in [6.45, 7) is 0. The lowest BCUT2D eigenvalue weighted by Gasteiger charge is -2.09. The van der Waals surface area contributed by atoms with Crippen molar-refractivity contribution in [1.82, 2.24) is 9.55 Å². The maximum atomic E-state index is 6.34. The lowest BCUT2D eigenvalue weighted by atomic mass is 10.1. The molecule has 0 atom stereocenters. The van der Waals surface area contributed by atoms with E-state index in [1.807, 2.05) is 36.5 Å². The molecule has 2 nitrogen and oxygen atoms in total. The van der Waals surface area contributed by atoms with Crippen LogP contribution in [-0.2, 0) is 0 Å². The number of para-hydroxylation sites is 1. The number of rotatable bonds is 2. The van der Waals surface area contributed by atoms with Gasteiger partial charge in [-0.15, -0.1) is 0 Å². The summed E-state index contributed by atoms with van der Waals surface area (Å²) in [5, 5.41) is 1.93. The van der Waals surface area contributed by atoms with Crippen LogP contribution in [0.2, 0.25) is 5.02 Å². The van der Waals surface area contributed by atoms with E-state index in [1.54, 1.807) is 6.20 Å². The van der Waals surface area contributed by atoms with E-state index in [1.165, 1.54) is 5.39 Å². The highest BCUT2D eigenvalue weighted by atomic mass is 35.5. The number of nitrogens with zero attached hydrogens (tertiary/aromatic N) is 2. The van der Waals surface area contributed by atoms with E-state index in [0.29, 0.717) is 0 Å². The topological polar surface area (TPSA) is 17.8 Å². The minimum atomic E-state index is 0.742. The molecule has 2 aromatic carbocycles. The number of hydrogen-bond donors (Lipinski definition) is 0. The van der Waals surface area contributed by atoms with Crippen LogP contribution in [0, 0.1) is 0 Å². The second-order valence-electron chi connectivity index (χ2n) is 5.15. The SMILES string of the molecule is Clc1ccccc1-n1ccc2ccc(-c3cccnc3)cc21. The average molecular weight is 305 g/mol. The first-order valence-electron chi connectivity index (χ1n) is 7.09. The highest BCUT2D eigenvalue weighted by molar-refractivity contribution is 6.32. The number of fused-ring (bicyclic) bond motifs is 1. The van der Waals surface area contributed by atoms with E-state index in [-0.39, 0.29) is 0 Å². The first-order chi connectivity index (χ1) is 10.8. The van der Waals surface area contributed by atoms with Crippen LogP contribution in [0.25, 0.3) is 27.7 Å². The summed E-state index contributed by atoms with van der Waals surface area (Å²) in [7, 11) is 0. The molecule has 0 bridgehead atoms. The minimum Gasteiger partial charge on any atom is -0.315 e. The molecule has 0 spiro atoms. The van der Waals surface area contributed by atoms with Gasteiger partial charge in [-0.1, -0.05) is 41.9 Å². The fraction of sp³-hybridized carbons (Fsp3) is 0. The Morgan fingerprint density at radius 3 is 2.59 bits per heavy atom. The monoisotopic (exact) mass is 304 g/mol. The van der Waals surface area contributed by atoms with Gasteiger partial charge >= 0.3 is 0 Å². The van der Waals surface area contributed by atoms with Crippen LogP contribution in [0.4, 0.5) is 0 Å². The third kappa shape index (κ3) is 2.18. The van der Waals surface area contributed by atoms with Crippen molar-refractivity contribution in [2.75, 3.05) is 0 Å². The summed E-state index contributed by atoms with van der Waals surface area (Å²) in [6, 6.07) is 20.4. The van der Waals surface area contributed by atoms with Crippen LogP contribution in [0.5, 0.6) is 0 Å². The summed E-state index contributed by atoms with van der Waals surface area (Å²) in [5.41, 5.74) is 4.38. The Balaban J connectivity index is 1.93. The van der Waals surface area contributed by atoms with Crippen molar-refractivity contribution in [2.45, 2.75) is 0 Å². The average Bonchev–Trinajstić information content (AvgIpc) is 2.99. The van der Waals surface area contributed by atoms with Gasteiger partial charge in [-0.25, -0.2) is 0 Å². The minimum absolute atomic E-state index is 0.742. The fourth-order valence-corrected chi connectivity index (χ4v) is 2.93. The van der Waals surface area contributed by atoms with Gasteiger partial charge in [-0.2, -0.15) is 0 Å². The van der Waals surface area contributed by atoms with Gasteiger partial charge in [0, 0.05) is 24.2 Å². The molecule has 0 N–H and O–H groups in total. The van der Waals surface area contributed by atoms with Gasteiger partial charge in [0.05, 0.1) is 16.2 Å². The molecule has 3 heteroatoms. The lowest BCUT2D eigenvalue weighted by molar-refractivity contribution is 1.13. The molecule has 106 valence electrons. The third-order valence-electron chi connectivity index (χ3n) is 3.80. The zero-order chi connectivity index (χ0) is 14.9. The van der Waals surface area contributed by atoms with E-state index in [2.05, 4.69) is 46.1 Å². The molecule has 4 rings (SSSR count). The van der Waals surface area contributed by atoms with Crippen LogP contribution >= 0.6 is 11.6 Å². The molecule has 0 aliphatic heterocycles. The molecule has 0 saturated heterocycles. The Labute approximate surface area is 133 Å². The summed E-state index contributed by atoms with van der Waals surface area (Å²) in [6.07, 6.45) is 5.72. The van der Waals surface area contributed by atoms with Crippen LogP contribution in [0.1, 0.15) is 0 Å². The molecule has 22 heavy (non-hydrogen) atoms. The van der Waals surface area contributed by atoms with Gasteiger partial charge in [-0.3, -0.25) is 4.98 Å². The van der Waals surface area contributed by atoms with Gasteiger partial charge in [0.2, 0.25) is 0 Å². The highest BCUT2D eigenvalue weighted by Gasteiger charge is 2.08. The smallest absolute Gasteiger partial charge is 0.0646 e. The van der Waals surface area contributed by atoms with E-state index in [9.17, 15) is 0 Å². The Kier molecular flexibility index (Phi) is 3.17. The molecule has 4 aromatic rings. The van der Waals surface area contributed by atoms with Gasteiger partial charge < -0.3 is 4.57 Å². The van der Waals surface area contributed by atoms with Crippen molar-refractivity contribution in [3.63, 3.8) is 0 Å². The predicted molar refractivity (Wildman–Crippen MR) is 91.5 cm³/mol. The summed E-state index contributed by atoms with van der Waals surface area (Å²) in [5.74, 6) is 0. The van der Waals surface area contributed by atoms with Crippen molar-refractivity contribution < 1.29 is 0 Å². The predicted octanol–water partition coefficient (Wildman–Crippen LogP) is 5.35. The van der Waals surface area contributed by atoms with E-state index >= 15 is 0 Å². The summed E-state index contributed by atoms with van der Waals surface area (Å²) < 4.78 is 2.12. The molecular formula is C19H13ClN2. The van der Waals surface area contributed by atoms with Crippen molar-refractivity contribution in [3.8, 4) is 16.8 Å². The van der Waals surface area contributed by atoms with Crippen molar-refractivity contribution in [1.29, 1.82) is 0 Å². The van der Waals surface area contributed by atoms with Gasteiger partial charge in [0.1, 0.15) is 0 Å². The maximum absolute atomic E-state index is 6.34. The molecule has 0 saturated carbocycles. The van der Waals surface area contributed by atoms with Gasteiger partial charge in [-0.05, 0) is 41.3 Å². The van der Waals surface area contributed by atoms with Crippen LogP contribution < -0.4 is 0 Å². The van der Waals surface area contributed by atoms with Crippen molar-refractivity contribution in [2.24, 2.45) is 0 Å². The van der Waals surface area contributed by atoms with E-state index in [0.717, 1.165) is 27.4 Å². The second-order valence-corrected chi connectivity index (χ2v) is 5.56. The van der Waals surface area contributed by atoms with Gasteiger partial charge in [0.15, 0.2) is 0 Å². The van der Waals surface area contributed by atoms with Crippen LogP contribution in [0.15, 0.2) is 79.3 Å². The molecule has 0 unspecified atom stereocenters.